The normalized spacial score (nSPS) is 20.2. The Bertz CT molecular complexity index is 538. The van der Waals surface area contributed by atoms with Crippen LogP contribution in [-0.2, 0) is 10.5 Å². The van der Waals surface area contributed by atoms with E-state index in [9.17, 15) is 4.79 Å². The second-order valence-corrected chi connectivity index (χ2v) is 9.03. The van der Waals surface area contributed by atoms with Crippen LogP contribution in [0.2, 0.25) is 0 Å². The van der Waals surface area contributed by atoms with Crippen LogP contribution in [0.3, 0.4) is 0 Å². The zero-order valence-corrected chi connectivity index (χ0v) is 15.8. The molecule has 1 heterocycles. The molecule has 0 bridgehead atoms. The van der Waals surface area contributed by atoms with Crippen LogP contribution in [0.15, 0.2) is 24.3 Å². The van der Waals surface area contributed by atoms with Gasteiger partial charge in [0.2, 0.25) is 5.91 Å². The smallest absolute Gasteiger partial charge is 0.230 e. The number of hydrogen-bond acceptors (Lipinski definition) is 3. The van der Waals surface area contributed by atoms with Gasteiger partial charge in [-0.25, -0.2) is 0 Å². The third-order valence-electron chi connectivity index (χ3n) is 4.14. The van der Waals surface area contributed by atoms with E-state index >= 15 is 0 Å². The molecule has 0 atom stereocenters. The molecule has 0 radical (unpaired) electrons. The number of aryl methyl sites for hydroxylation is 1. The minimum atomic E-state index is 0.0639. The Morgan fingerprint density at radius 2 is 1.91 bits per heavy atom. The minimum Gasteiger partial charge on any atom is -0.353 e. The quantitative estimate of drug-likeness (QED) is 0.863. The highest BCUT2D eigenvalue weighted by atomic mass is 32.2. The number of carbonyl (C=O) groups is 1. The summed E-state index contributed by atoms with van der Waals surface area (Å²) in [6.45, 7) is 10.9. The lowest BCUT2D eigenvalue weighted by atomic mass is 9.79. The van der Waals surface area contributed by atoms with E-state index in [4.69, 9.17) is 0 Å². The molecule has 0 aliphatic carbocycles. The number of rotatable bonds is 5. The van der Waals surface area contributed by atoms with Crippen molar-refractivity contribution in [2.75, 3.05) is 5.75 Å². The molecule has 3 nitrogen and oxygen atoms in total. The Balaban J connectivity index is 1.78. The van der Waals surface area contributed by atoms with Crippen molar-refractivity contribution in [3.8, 4) is 0 Å². The molecule has 1 aliphatic rings. The molecule has 2 rings (SSSR count). The molecule has 0 spiro atoms. The fourth-order valence-corrected chi connectivity index (χ4v) is 4.54. The summed E-state index contributed by atoms with van der Waals surface area (Å²) in [6.07, 6.45) is 1.95. The Labute approximate surface area is 145 Å². The zero-order chi connectivity index (χ0) is 17.1. The summed E-state index contributed by atoms with van der Waals surface area (Å²) >= 11 is 1.68. The molecule has 1 aliphatic heterocycles. The van der Waals surface area contributed by atoms with Gasteiger partial charge in [0, 0.05) is 22.9 Å². The van der Waals surface area contributed by atoms with E-state index < -0.39 is 0 Å². The van der Waals surface area contributed by atoms with Gasteiger partial charge in [0.15, 0.2) is 0 Å². The number of thioether (sulfide) groups is 1. The van der Waals surface area contributed by atoms with Crippen molar-refractivity contribution in [2.24, 2.45) is 0 Å². The summed E-state index contributed by atoms with van der Waals surface area (Å²) in [7, 11) is 0. The highest BCUT2D eigenvalue weighted by molar-refractivity contribution is 7.99. The van der Waals surface area contributed by atoms with Gasteiger partial charge in [0.25, 0.3) is 0 Å². The van der Waals surface area contributed by atoms with Crippen LogP contribution in [0.25, 0.3) is 0 Å². The maximum absolute atomic E-state index is 12.2. The number of nitrogens with one attached hydrogen (secondary N) is 2. The zero-order valence-electron chi connectivity index (χ0n) is 15.0. The van der Waals surface area contributed by atoms with Crippen LogP contribution < -0.4 is 10.6 Å². The Morgan fingerprint density at radius 3 is 2.52 bits per heavy atom. The van der Waals surface area contributed by atoms with Gasteiger partial charge in [-0.3, -0.25) is 4.79 Å². The lowest BCUT2D eigenvalue weighted by Gasteiger charge is -2.46. The number of benzene rings is 1. The fraction of sp³-hybridized carbons (Fsp3) is 0.632. The first-order valence-corrected chi connectivity index (χ1v) is 9.53. The van der Waals surface area contributed by atoms with E-state index in [1.807, 2.05) is 0 Å². The Kier molecular flexibility index (Phi) is 5.79. The van der Waals surface area contributed by atoms with Crippen LogP contribution >= 0.6 is 11.8 Å². The van der Waals surface area contributed by atoms with Gasteiger partial charge >= 0.3 is 0 Å². The van der Waals surface area contributed by atoms with Crippen LogP contribution in [0, 0.1) is 6.92 Å². The first-order chi connectivity index (χ1) is 10.7. The predicted molar refractivity (Wildman–Crippen MR) is 99.8 cm³/mol. The highest BCUT2D eigenvalue weighted by Crippen LogP contribution is 2.28. The molecule has 128 valence electrons. The molecule has 1 aromatic carbocycles. The van der Waals surface area contributed by atoms with E-state index in [0.29, 0.717) is 5.75 Å². The second-order valence-electron chi connectivity index (χ2n) is 8.05. The minimum absolute atomic E-state index is 0.0639. The van der Waals surface area contributed by atoms with Gasteiger partial charge in [0.1, 0.15) is 0 Å². The first kappa shape index (κ1) is 18.3. The van der Waals surface area contributed by atoms with Crippen molar-refractivity contribution in [3.05, 3.63) is 35.4 Å². The van der Waals surface area contributed by atoms with Crippen molar-refractivity contribution in [1.82, 2.24) is 10.6 Å². The number of amides is 1. The van der Waals surface area contributed by atoms with Gasteiger partial charge < -0.3 is 10.6 Å². The molecular weight excluding hydrogens is 304 g/mol. The van der Waals surface area contributed by atoms with E-state index in [1.54, 1.807) is 11.8 Å². The summed E-state index contributed by atoms with van der Waals surface area (Å²) in [5.41, 5.74) is 2.68. The Morgan fingerprint density at radius 1 is 1.26 bits per heavy atom. The molecule has 1 aromatic rings. The summed E-state index contributed by atoms with van der Waals surface area (Å²) in [4.78, 5) is 12.2. The van der Waals surface area contributed by atoms with Crippen LogP contribution in [0.1, 0.15) is 51.7 Å². The molecule has 0 aromatic heterocycles. The molecule has 23 heavy (non-hydrogen) atoms. The summed E-state index contributed by atoms with van der Waals surface area (Å²) in [5.74, 6) is 1.57. The molecule has 1 saturated heterocycles. The summed E-state index contributed by atoms with van der Waals surface area (Å²) < 4.78 is 0. The molecule has 1 amide bonds. The van der Waals surface area contributed by atoms with Crippen LogP contribution in [0.4, 0.5) is 0 Å². The van der Waals surface area contributed by atoms with Gasteiger partial charge in [-0.05, 0) is 53.0 Å². The highest BCUT2D eigenvalue weighted by Gasteiger charge is 2.38. The van der Waals surface area contributed by atoms with Gasteiger partial charge in [-0.15, -0.1) is 11.8 Å². The number of carbonyl (C=O) groups excluding carboxylic acids is 1. The monoisotopic (exact) mass is 334 g/mol. The molecule has 0 unspecified atom stereocenters. The third kappa shape index (κ3) is 6.19. The van der Waals surface area contributed by atoms with Crippen LogP contribution in [0.5, 0.6) is 0 Å². The number of hydrogen-bond donors (Lipinski definition) is 2. The maximum atomic E-state index is 12.2. The van der Waals surface area contributed by atoms with Crippen molar-refractivity contribution in [1.29, 1.82) is 0 Å². The summed E-state index contributed by atoms with van der Waals surface area (Å²) in [6, 6.07) is 8.73. The lowest BCUT2D eigenvalue weighted by molar-refractivity contribution is -0.119. The van der Waals surface area contributed by atoms with Gasteiger partial charge in [0.05, 0.1) is 5.75 Å². The lowest BCUT2D eigenvalue weighted by Crippen LogP contribution is -2.62. The van der Waals surface area contributed by atoms with Crippen molar-refractivity contribution in [3.63, 3.8) is 0 Å². The van der Waals surface area contributed by atoms with Gasteiger partial charge in [-0.1, -0.05) is 29.8 Å². The molecule has 1 fully saturated rings. The second kappa shape index (κ2) is 7.27. The SMILES string of the molecule is Cc1cccc(CSCC(=O)NC2CC(C)(C)NC(C)(C)C2)c1. The standard InChI is InChI=1S/C19H30N2OS/c1-14-7-6-8-15(9-14)12-23-13-17(22)20-16-10-18(2,3)21-19(4,5)11-16/h6-9,16,21H,10-13H2,1-5H3,(H,20,22). The molecular formula is C19H30N2OS. The summed E-state index contributed by atoms with van der Waals surface area (Å²) in [5, 5.41) is 6.88. The van der Waals surface area contributed by atoms with Gasteiger partial charge in [-0.2, -0.15) is 0 Å². The van der Waals surface area contributed by atoms with Crippen molar-refractivity contribution >= 4 is 17.7 Å². The van der Waals surface area contributed by atoms with Crippen LogP contribution in [-0.4, -0.2) is 28.8 Å². The average molecular weight is 335 g/mol. The molecule has 0 saturated carbocycles. The average Bonchev–Trinajstić information content (AvgIpc) is 2.34. The van der Waals surface area contributed by atoms with E-state index in [0.717, 1.165) is 18.6 Å². The maximum Gasteiger partial charge on any atom is 0.230 e. The first-order valence-electron chi connectivity index (χ1n) is 8.37. The number of piperidine rings is 1. The fourth-order valence-electron chi connectivity index (χ4n) is 3.76. The van der Waals surface area contributed by atoms with E-state index in [1.165, 1.54) is 11.1 Å². The topological polar surface area (TPSA) is 41.1 Å². The van der Waals surface area contributed by atoms with E-state index in [2.05, 4.69) is 69.5 Å². The third-order valence-corrected chi connectivity index (χ3v) is 5.14. The van der Waals surface area contributed by atoms with Crippen molar-refractivity contribution < 1.29 is 4.79 Å². The van der Waals surface area contributed by atoms with Crippen molar-refractivity contribution in [2.45, 2.75) is 70.3 Å². The molecule has 4 heteroatoms. The largest absolute Gasteiger partial charge is 0.353 e. The predicted octanol–water partition coefficient (Wildman–Crippen LogP) is 3.65. The van der Waals surface area contributed by atoms with E-state index in [-0.39, 0.29) is 23.0 Å². The Hall–Kier alpha value is -1.00. The molecule has 2 N–H and O–H groups in total.